The molecule has 0 unspecified atom stereocenters. The lowest BCUT2D eigenvalue weighted by Gasteiger charge is -2.19. The van der Waals surface area contributed by atoms with E-state index in [1.165, 1.54) is 4.31 Å². The first-order valence-corrected chi connectivity index (χ1v) is 11.0. The second-order valence-corrected chi connectivity index (χ2v) is 8.69. The summed E-state index contributed by atoms with van der Waals surface area (Å²) in [6, 6.07) is 13.6. The third-order valence-corrected chi connectivity index (χ3v) is 6.70. The normalized spacial score (nSPS) is 12.8. The van der Waals surface area contributed by atoms with E-state index in [9.17, 15) is 13.2 Å². The maximum atomic E-state index is 12.5. The number of carbonyl (C=O) groups excluding carboxylic acids is 1. The molecule has 0 aliphatic heterocycles. The van der Waals surface area contributed by atoms with Crippen LogP contribution in [-0.4, -0.2) is 38.3 Å². The van der Waals surface area contributed by atoms with E-state index < -0.39 is 10.0 Å². The molecule has 0 fully saturated rings. The number of rotatable bonds is 9. The van der Waals surface area contributed by atoms with Crippen LogP contribution < -0.4 is 10.6 Å². The predicted molar refractivity (Wildman–Crippen MR) is 113 cm³/mol. The van der Waals surface area contributed by atoms with Crippen molar-refractivity contribution in [2.45, 2.75) is 31.7 Å². The zero-order valence-corrected chi connectivity index (χ0v) is 17.8. The van der Waals surface area contributed by atoms with E-state index in [4.69, 9.17) is 11.6 Å². The van der Waals surface area contributed by atoms with Crippen LogP contribution >= 0.6 is 11.6 Å². The Kier molecular flexibility index (Phi) is 8.00. The lowest BCUT2D eigenvalue weighted by molar-refractivity contribution is -0.115. The molecule has 1 amide bonds. The van der Waals surface area contributed by atoms with Gasteiger partial charge in [-0.05, 0) is 42.8 Å². The van der Waals surface area contributed by atoms with Gasteiger partial charge in [0.1, 0.15) is 0 Å². The second-order valence-electron chi connectivity index (χ2n) is 6.32. The molecule has 28 heavy (non-hydrogen) atoms. The highest BCUT2D eigenvalue weighted by Gasteiger charge is 2.21. The monoisotopic (exact) mass is 423 g/mol. The topological polar surface area (TPSA) is 78.5 Å². The Hall–Kier alpha value is -1.93. The standard InChI is InChI=1S/C20H26ClN3O3S/c1-4-24(5-2)28(26,27)19-11-9-16(10-12-19)15(3)22-14-20(25)23-18-8-6-7-17(21)13-18/h6-13,15,22H,4-5,14H2,1-3H3,(H,23,25)/t15-/m1/s1. The fourth-order valence-corrected chi connectivity index (χ4v) is 4.42. The predicted octanol–water partition coefficient (Wildman–Crippen LogP) is 3.66. The molecule has 0 saturated carbocycles. The molecule has 6 nitrogen and oxygen atoms in total. The van der Waals surface area contributed by atoms with E-state index in [0.29, 0.717) is 23.8 Å². The molecule has 0 aromatic heterocycles. The first kappa shape index (κ1) is 22.4. The lowest BCUT2D eigenvalue weighted by Crippen LogP contribution is -2.31. The SMILES string of the molecule is CCN(CC)S(=O)(=O)c1ccc([C@@H](C)NCC(=O)Nc2cccc(Cl)c2)cc1. The summed E-state index contributed by atoms with van der Waals surface area (Å²) in [4.78, 5) is 12.4. The number of nitrogens with one attached hydrogen (secondary N) is 2. The minimum atomic E-state index is -3.47. The fourth-order valence-electron chi connectivity index (χ4n) is 2.78. The summed E-state index contributed by atoms with van der Waals surface area (Å²) >= 11 is 5.91. The Morgan fingerprint density at radius 3 is 2.32 bits per heavy atom. The van der Waals surface area contributed by atoms with E-state index in [2.05, 4.69) is 10.6 Å². The second kappa shape index (κ2) is 10.0. The van der Waals surface area contributed by atoms with Crippen molar-refractivity contribution in [3.63, 3.8) is 0 Å². The van der Waals surface area contributed by atoms with Crippen LogP contribution in [0.15, 0.2) is 53.4 Å². The van der Waals surface area contributed by atoms with Crippen LogP contribution in [0.2, 0.25) is 5.02 Å². The number of nitrogens with zero attached hydrogens (tertiary/aromatic N) is 1. The lowest BCUT2D eigenvalue weighted by atomic mass is 10.1. The summed E-state index contributed by atoms with van der Waals surface area (Å²) in [5.74, 6) is -0.185. The summed E-state index contributed by atoms with van der Waals surface area (Å²) in [6.07, 6.45) is 0. The van der Waals surface area contributed by atoms with Gasteiger partial charge in [0.2, 0.25) is 15.9 Å². The molecule has 0 radical (unpaired) electrons. The van der Waals surface area contributed by atoms with Crippen LogP contribution in [0.5, 0.6) is 0 Å². The van der Waals surface area contributed by atoms with Crippen LogP contribution in [0.25, 0.3) is 0 Å². The van der Waals surface area contributed by atoms with Crippen LogP contribution in [0.1, 0.15) is 32.4 Å². The smallest absolute Gasteiger partial charge is 0.243 e. The summed E-state index contributed by atoms with van der Waals surface area (Å²) in [5, 5.41) is 6.46. The molecule has 8 heteroatoms. The molecular weight excluding hydrogens is 398 g/mol. The molecule has 2 aromatic carbocycles. The maximum Gasteiger partial charge on any atom is 0.243 e. The van der Waals surface area contributed by atoms with E-state index in [1.54, 1.807) is 48.5 Å². The van der Waals surface area contributed by atoms with Gasteiger partial charge in [-0.2, -0.15) is 4.31 Å². The van der Waals surface area contributed by atoms with Crippen molar-refractivity contribution >= 4 is 33.2 Å². The third-order valence-electron chi connectivity index (χ3n) is 4.40. The number of sulfonamides is 1. The molecular formula is C20H26ClN3O3S. The first-order chi connectivity index (χ1) is 13.3. The Morgan fingerprint density at radius 1 is 1.11 bits per heavy atom. The zero-order valence-electron chi connectivity index (χ0n) is 16.3. The fraction of sp³-hybridized carbons (Fsp3) is 0.350. The highest BCUT2D eigenvalue weighted by Crippen LogP contribution is 2.19. The molecule has 0 saturated heterocycles. The molecule has 0 aliphatic rings. The zero-order chi connectivity index (χ0) is 20.7. The Balaban J connectivity index is 1.95. The van der Waals surface area contributed by atoms with Gasteiger partial charge in [0.15, 0.2) is 0 Å². The van der Waals surface area contributed by atoms with E-state index in [-0.39, 0.29) is 23.4 Å². The number of anilines is 1. The number of carbonyl (C=O) groups is 1. The third kappa shape index (κ3) is 5.78. The van der Waals surface area contributed by atoms with Gasteiger partial charge in [0.05, 0.1) is 11.4 Å². The number of amides is 1. The molecule has 0 heterocycles. The van der Waals surface area contributed by atoms with Crippen LogP contribution in [0.3, 0.4) is 0 Å². The van der Waals surface area contributed by atoms with Crippen LogP contribution in [-0.2, 0) is 14.8 Å². The number of benzene rings is 2. The number of halogens is 1. The Morgan fingerprint density at radius 2 is 1.75 bits per heavy atom. The molecule has 152 valence electrons. The molecule has 0 bridgehead atoms. The maximum absolute atomic E-state index is 12.5. The number of hydrogen-bond donors (Lipinski definition) is 2. The van der Waals surface area contributed by atoms with E-state index >= 15 is 0 Å². The van der Waals surface area contributed by atoms with Crippen molar-refractivity contribution in [3.8, 4) is 0 Å². The largest absolute Gasteiger partial charge is 0.325 e. The average Bonchev–Trinajstić information content (AvgIpc) is 2.67. The number of hydrogen-bond acceptors (Lipinski definition) is 4. The van der Waals surface area contributed by atoms with E-state index in [1.807, 2.05) is 20.8 Å². The van der Waals surface area contributed by atoms with Crippen molar-refractivity contribution < 1.29 is 13.2 Å². The quantitative estimate of drug-likeness (QED) is 0.645. The van der Waals surface area contributed by atoms with Gasteiger partial charge in [-0.25, -0.2) is 8.42 Å². The summed E-state index contributed by atoms with van der Waals surface area (Å²) in [5.41, 5.74) is 1.53. The summed E-state index contributed by atoms with van der Waals surface area (Å²) in [7, 11) is -3.47. The van der Waals surface area contributed by atoms with Crippen LogP contribution in [0.4, 0.5) is 5.69 Å². The Labute approximate surface area is 171 Å². The highest BCUT2D eigenvalue weighted by molar-refractivity contribution is 7.89. The van der Waals surface area contributed by atoms with Crippen LogP contribution in [0, 0.1) is 0 Å². The summed E-state index contributed by atoms with van der Waals surface area (Å²) in [6.45, 7) is 6.53. The van der Waals surface area contributed by atoms with E-state index in [0.717, 1.165) is 5.56 Å². The average molecular weight is 424 g/mol. The minimum Gasteiger partial charge on any atom is -0.325 e. The van der Waals surface area contributed by atoms with Crippen molar-refractivity contribution in [1.29, 1.82) is 0 Å². The van der Waals surface area contributed by atoms with Gasteiger partial charge >= 0.3 is 0 Å². The molecule has 2 aromatic rings. The van der Waals surface area contributed by atoms with Gasteiger partial charge in [-0.3, -0.25) is 4.79 Å². The molecule has 0 spiro atoms. The Bertz CT molecular complexity index is 897. The van der Waals surface area contributed by atoms with Crippen molar-refractivity contribution in [3.05, 3.63) is 59.1 Å². The highest BCUT2D eigenvalue weighted by atomic mass is 35.5. The van der Waals surface area contributed by atoms with Gasteiger partial charge < -0.3 is 10.6 Å². The van der Waals surface area contributed by atoms with Gasteiger partial charge in [-0.1, -0.05) is 43.6 Å². The molecule has 2 rings (SSSR count). The minimum absolute atomic E-state index is 0.115. The summed E-state index contributed by atoms with van der Waals surface area (Å²) < 4.78 is 26.5. The van der Waals surface area contributed by atoms with Gasteiger partial charge in [-0.15, -0.1) is 0 Å². The van der Waals surface area contributed by atoms with Crippen molar-refractivity contribution in [1.82, 2.24) is 9.62 Å². The van der Waals surface area contributed by atoms with Gasteiger partial charge in [0, 0.05) is 29.8 Å². The van der Waals surface area contributed by atoms with Crippen molar-refractivity contribution in [2.75, 3.05) is 25.0 Å². The van der Waals surface area contributed by atoms with Crippen molar-refractivity contribution in [2.24, 2.45) is 0 Å². The molecule has 2 N–H and O–H groups in total. The van der Waals surface area contributed by atoms with Gasteiger partial charge in [0.25, 0.3) is 0 Å². The molecule has 0 aliphatic carbocycles. The first-order valence-electron chi connectivity index (χ1n) is 9.16. The molecule has 1 atom stereocenters.